The summed E-state index contributed by atoms with van der Waals surface area (Å²) in [6.07, 6.45) is -0.932. The van der Waals surface area contributed by atoms with Crippen LogP contribution in [0.5, 0.6) is 0 Å². The van der Waals surface area contributed by atoms with Crippen LogP contribution in [-0.4, -0.2) is 60.0 Å². The Bertz CT molecular complexity index is 1030. The number of urea groups is 1. The number of benzene rings is 2. The lowest BCUT2D eigenvalue weighted by molar-refractivity contribution is -0.132. The van der Waals surface area contributed by atoms with Gasteiger partial charge in [-0.05, 0) is 42.2 Å². The molecule has 1 heterocycles. The van der Waals surface area contributed by atoms with Crippen molar-refractivity contribution in [2.45, 2.75) is 32.4 Å². The van der Waals surface area contributed by atoms with E-state index in [-0.39, 0.29) is 31.7 Å². The van der Waals surface area contributed by atoms with E-state index in [1.165, 1.54) is 4.90 Å². The molecule has 1 saturated heterocycles. The van der Waals surface area contributed by atoms with Crippen LogP contribution in [0.4, 0.5) is 19.3 Å². The van der Waals surface area contributed by atoms with E-state index >= 15 is 0 Å². The molecule has 2 aromatic carbocycles. The van der Waals surface area contributed by atoms with E-state index < -0.39 is 35.6 Å². The van der Waals surface area contributed by atoms with E-state index in [0.29, 0.717) is 24.1 Å². The predicted octanol–water partition coefficient (Wildman–Crippen LogP) is 2.87. The maximum Gasteiger partial charge on any atom is 0.323 e. The monoisotopic (exact) mass is 473 g/mol. The largest absolute Gasteiger partial charge is 0.351 e. The molecule has 4 N–H and O–H groups in total. The average molecular weight is 474 g/mol. The smallest absolute Gasteiger partial charge is 0.323 e. The second-order valence-corrected chi connectivity index (χ2v) is 8.36. The second-order valence-electron chi connectivity index (χ2n) is 8.36. The highest BCUT2D eigenvalue weighted by Crippen LogP contribution is 2.22. The van der Waals surface area contributed by atoms with Crippen molar-refractivity contribution in [3.05, 3.63) is 65.2 Å². The van der Waals surface area contributed by atoms with Gasteiger partial charge in [0.25, 0.3) is 11.8 Å². The van der Waals surface area contributed by atoms with Gasteiger partial charge in [0.05, 0.1) is 0 Å². The van der Waals surface area contributed by atoms with Crippen LogP contribution in [0.2, 0.25) is 0 Å². The summed E-state index contributed by atoms with van der Waals surface area (Å²) in [6, 6.07) is 9.20. The van der Waals surface area contributed by atoms with Gasteiger partial charge in [-0.3, -0.25) is 14.5 Å². The number of carbonyl (C=O) groups is 3. The number of hydrogen-bond donors (Lipinski definition) is 3. The van der Waals surface area contributed by atoms with Gasteiger partial charge in [0, 0.05) is 43.5 Å². The quantitative estimate of drug-likeness (QED) is 0.600. The van der Waals surface area contributed by atoms with Gasteiger partial charge in [0.15, 0.2) is 6.17 Å². The molecule has 1 aliphatic rings. The van der Waals surface area contributed by atoms with Gasteiger partial charge in [-0.25, -0.2) is 13.6 Å². The van der Waals surface area contributed by atoms with Gasteiger partial charge in [-0.1, -0.05) is 26.0 Å². The molecule has 0 aliphatic carbocycles. The van der Waals surface area contributed by atoms with Crippen molar-refractivity contribution in [2.24, 2.45) is 5.73 Å². The molecule has 3 rings (SSSR count). The normalized spacial score (nSPS) is 15.9. The van der Waals surface area contributed by atoms with E-state index in [4.69, 9.17) is 5.73 Å². The molecule has 0 aromatic heterocycles. The summed E-state index contributed by atoms with van der Waals surface area (Å²) in [5, 5.41) is 5.36. The summed E-state index contributed by atoms with van der Waals surface area (Å²) in [4.78, 5) is 41.7. The van der Waals surface area contributed by atoms with E-state index in [9.17, 15) is 23.2 Å². The Morgan fingerprint density at radius 3 is 2.24 bits per heavy atom. The molecule has 0 saturated carbocycles. The third kappa shape index (κ3) is 5.88. The molecular formula is C24H29F2N5O3. The molecule has 34 heavy (non-hydrogen) atoms. The molecule has 0 bridgehead atoms. The van der Waals surface area contributed by atoms with Crippen LogP contribution in [0.15, 0.2) is 42.5 Å². The van der Waals surface area contributed by atoms with Crippen molar-refractivity contribution >= 4 is 23.5 Å². The third-order valence-electron chi connectivity index (χ3n) is 5.53. The van der Waals surface area contributed by atoms with Gasteiger partial charge in [-0.15, -0.1) is 0 Å². The molecule has 1 atom stereocenters. The highest BCUT2D eigenvalue weighted by Gasteiger charge is 2.40. The van der Waals surface area contributed by atoms with Gasteiger partial charge in [-0.2, -0.15) is 0 Å². The zero-order chi connectivity index (χ0) is 24.8. The molecule has 10 heteroatoms. The first-order chi connectivity index (χ1) is 16.2. The zero-order valence-electron chi connectivity index (χ0n) is 19.2. The molecule has 0 spiro atoms. The molecule has 8 nitrogen and oxygen atoms in total. The molecule has 0 radical (unpaired) electrons. The molecular weight excluding hydrogens is 444 g/mol. The fourth-order valence-corrected chi connectivity index (χ4v) is 3.81. The van der Waals surface area contributed by atoms with Crippen LogP contribution < -0.4 is 16.4 Å². The Morgan fingerprint density at radius 1 is 1.03 bits per heavy atom. The van der Waals surface area contributed by atoms with Gasteiger partial charge >= 0.3 is 6.03 Å². The summed E-state index contributed by atoms with van der Waals surface area (Å²) in [5.41, 5.74) is 6.87. The molecule has 1 unspecified atom stereocenters. The maximum atomic E-state index is 13.7. The molecule has 4 amide bonds. The summed E-state index contributed by atoms with van der Waals surface area (Å²) >= 11 is 0. The standard InChI is InChI=1S/C24H29F2N5O3/c1-15(2)16-4-6-20(7-5-16)29-24(34)31-11-3-10-30(22(31)21(32)28-9-8-27)23(33)17-12-18(25)14-19(26)13-17/h4-7,12-15,22H,3,8-11,27H2,1-2H3,(H,28,32)(H,29,34). The van der Waals surface area contributed by atoms with Gasteiger partial charge in [0.2, 0.25) is 0 Å². The number of rotatable bonds is 6. The van der Waals surface area contributed by atoms with Crippen molar-refractivity contribution in [3.63, 3.8) is 0 Å². The van der Waals surface area contributed by atoms with Crippen molar-refractivity contribution < 1.29 is 23.2 Å². The number of nitrogens with one attached hydrogen (secondary N) is 2. The van der Waals surface area contributed by atoms with Crippen LogP contribution in [0.1, 0.15) is 42.1 Å². The van der Waals surface area contributed by atoms with Crippen LogP contribution in [0.3, 0.4) is 0 Å². The van der Waals surface area contributed by atoms with E-state index in [1.54, 1.807) is 12.1 Å². The summed E-state index contributed by atoms with van der Waals surface area (Å²) in [6.45, 7) is 4.75. The number of halogens is 2. The number of hydrogen-bond acceptors (Lipinski definition) is 4. The first kappa shape index (κ1) is 25.1. The number of anilines is 1. The Morgan fingerprint density at radius 2 is 1.65 bits per heavy atom. The Hall–Kier alpha value is -3.53. The van der Waals surface area contributed by atoms with Crippen molar-refractivity contribution in [1.82, 2.24) is 15.1 Å². The first-order valence-corrected chi connectivity index (χ1v) is 11.1. The molecule has 182 valence electrons. The van der Waals surface area contributed by atoms with Crippen molar-refractivity contribution in [3.8, 4) is 0 Å². The molecule has 1 aliphatic heterocycles. The highest BCUT2D eigenvalue weighted by atomic mass is 19.1. The van der Waals surface area contributed by atoms with Crippen LogP contribution >= 0.6 is 0 Å². The van der Waals surface area contributed by atoms with Crippen molar-refractivity contribution in [1.29, 1.82) is 0 Å². The molecule has 1 fully saturated rings. The number of carbonyl (C=O) groups excluding carboxylic acids is 3. The average Bonchev–Trinajstić information content (AvgIpc) is 2.81. The number of nitrogens with zero attached hydrogens (tertiary/aromatic N) is 2. The predicted molar refractivity (Wildman–Crippen MR) is 124 cm³/mol. The Labute approximate surface area is 197 Å². The SMILES string of the molecule is CC(C)c1ccc(NC(=O)N2CCCN(C(=O)c3cc(F)cc(F)c3)C2C(=O)NCCN)cc1. The Kier molecular flexibility index (Phi) is 8.17. The number of nitrogens with two attached hydrogens (primary N) is 1. The minimum absolute atomic E-state index is 0.130. The Balaban J connectivity index is 1.87. The minimum atomic E-state index is -1.31. The van der Waals surface area contributed by atoms with Crippen molar-refractivity contribution in [2.75, 3.05) is 31.5 Å². The summed E-state index contributed by atoms with van der Waals surface area (Å²) < 4.78 is 27.4. The van der Waals surface area contributed by atoms with Gasteiger partial charge < -0.3 is 21.3 Å². The third-order valence-corrected chi connectivity index (χ3v) is 5.53. The fourth-order valence-electron chi connectivity index (χ4n) is 3.81. The topological polar surface area (TPSA) is 108 Å². The zero-order valence-corrected chi connectivity index (χ0v) is 19.2. The number of amides is 4. The van der Waals surface area contributed by atoms with Gasteiger partial charge in [0.1, 0.15) is 11.6 Å². The fraction of sp³-hybridized carbons (Fsp3) is 0.375. The van der Waals surface area contributed by atoms with E-state index in [1.807, 2.05) is 12.1 Å². The summed E-state index contributed by atoms with van der Waals surface area (Å²) in [7, 11) is 0. The van der Waals surface area contributed by atoms with Crippen LogP contribution in [0, 0.1) is 11.6 Å². The molecule has 2 aromatic rings. The maximum absolute atomic E-state index is 13.7. The lowest BCUT2D eigenvalue weighted by Crippen LogP contribution is -2.64. The van der Waals surface area contributed by atoms with Crippen LogP contribution in [0.25, 0.3) is 0 Å². The summed E-state index contributed by atoms with van der Waals surface area (Å²) in [5.74, 6) is -2.87. The van der Waals surface area contributed by atoms with Crippen LogP contribution in [-0.2, 0) is 4.79 Å². The van der Waals surface area contributed by atoms with E-state index in [0.717, 1.165) is 22.6 Å². The second kappa shape index (κ2) is 11.1. The minimum Gasteiger partial charge on any atom is -0.351 e. The van der Waals surface area contributed by atoms with E-state index in [2.05, 4.69) is 24.5 Å². The lowest BCUT2D eigenvalue weighted by Gasteiger charge is -2.42. The lowest BCUT2D eigenvalue weighted by atomic mass is 10.0. The highest BCUT2D eigenvalue weighted by molar-refractivity contribution is 6.00. The first-order valence-electron chi connectivity index (χ1n) is 11.1.